The zero-order valence-corrected chi connectivity index (χ0v) is 12.4. The van der Waals surface area contributed by atoms with Crippen molar-refractivity contribution in [1.82, 2.24) is 0 Å². The first-order valence-electron chi connectivity index (χ1n) is 6.02. The predicted octanol–water partition coefficient (Wildman–Crippen LogP) is 3.50. The molecule has 0 aliphatic heterocycles. The lowest BCUT2D eigenvalue weighted by Gasteiger charge is -2.18. The van der Waals surface area contributed by atoms with Gasteiger partial charge >= 0.3 is 6.18 Å². The third-order valence-corrected chi connectivity index (χ3v) is 4.58. The first-order valence-corrected chi connectivity index (χ1v) is 7.68. The maximum atomic E-state index is 12.5. The van der Waals surface area contributed by atoms with Gasteiger partial charge in [0, 0.05) is 0 Å². The summed E-state index contributed by atoms with van der Waals surface area (Å²) in [5.74, 6) is -0.147. The molecular weight excluding hydrogens is 291 g/mol. The monoisotopic (exact) mass is 309 g/mol. The highest BCUT2D eigenvalue weighted by molar-refractivity contribution is 7.91. The number of hydrogen-bond donors (Lipinski definition) is 1. The Balaban J connectivity index is 3.09. The van der Waals surface area contributed by atoms with Gasteiger partial charge in [0.2, 0.25) is 0 Å². The second-order valence-electron chi connectivity index (χ2n) is 5.88. The normalized spacial score (nSPS) is 13.5. The lowest BCUT2D eigenvalue weighted by atomic mass is 9.94. The predicted molar refractivity (Wildman–Crippen MR) is 72.0 cm³/mol. The highest BCUT2D eigenvalue weighted by atomic mass is 32.2. The first-order chi connectivity index (χ1) is 8.83. The Labute approximate surface area is 116 Å². The van der Waals surface area contributed by atoms with E-state index in [1.54, 1.807) is 0 Å². The average molecular weight is 309 g/mol. The van der Waals surface area contributed by atoms with Gasteiger partial charge in [-0.25, -0.2) is 8.42 Å². The molecule has 7 heteroatoms. The Morgan fingerprint density at radius 3 is 2.10 bits per heavy atom. The van der Waals surface area contributed by atoms with Gasteiger partial charge in [0.15, 0.2) is 9.84 Å². The van der Waals surface area contributed by atoms with E-state index in [4.69, 9.17) is 5.73 Å². The van der Waals surface area contributed by atoms with Gasteiger partial charge in [-0.05, 0) is 30.0 Å². The maximum absolute atomic E-state index is 12.5. The van der Waals surface area contributed by atoms with Crippen molar-refractivity contribution in [2.45, 2.75) is 38.3 Å². The number of nitrogens with two attached hydrogens (primary N) is 1. The highest BCUT2D eigenvalue weighted by Crippen LogP contribution is 2.33. The van der Waals surface area contributed by atoms with Crippen molar-refractivity contribution in [3.05, 3.63) is 23.8 Å². The molecule has 1 rings (SSSR count). The Morgan fingerprint density at radius 2 is 1.70 bits per heavy atom. The van der Waals surface area contributed by atoms with Crippen LogP contribution < -0.4 is 5.73 Å². The number of hydrogen-bond acceptors (Lipinski definition) is 3. The molecule has 1 aromatic rings. The zero-order chi connectivity index (χ0) is 15.8. The van der Waals surface area contributed by atoms with E-state index in [1.807, 2.05) is 20.8 Å². The minimum atomic E-state index is -4.54. The van der Waals surface area contributed by atoms with Crippen LogP contribution in [-0.2, 0) is 16.0 Å². The molecule has 0 aromatic heterocycles. The largest absolute Gasteiger partial charge is 0.416 e. The van der Waals surface area contributed by atoms with E-state index >= 15 is 0 Å². The van der Waals surface area contributed by atoms with Crippen LogP contribution in [0.1, 0.15) is 32.8 Å². The summed E-state index contributed by atoms with van der Waals surface area (Å²) in [6.45, 7) is 5.66. The van der Waals surface area contributed by atoms with Crippen LogP contribution in [0.15, 0.2) is 23.1 Å². The van der Waals surface area contributed by atoms with Crippen LogP contribution in [0.3, 0.4) is 0 Å². The molecule has 0 fully saturated rings. The molecule has 3 nitrogen and oxygen atoms in total. The van der Waals surface area contributed by atoms with Crippen LogP contribution in [0.4, 0.5) is 18.9 Å². The van der Waals surface area contributed by atoms with Gasteiger partial charge in [-0.1, -0.05) is 20.8 Å². The molecule has 0 unspecified atom stereocenters. The summed E-state index contributed by atoms with van der Waals surface area (Å²) in [4.78, 5) is -0.241. The summed E-state index contributed by atoms with van der Waals surface area (Å²) in [5.41, 5.74) is 3.96. The van der Waals surface area contributed by atoms with Crippen LogP contribution in [0.2, 0.25) is 0 Å². The molecule has 0 saturated heterocycles. The van der Waals surface area contributed by atoms with Crippen molar-refractivity contribution in [2.24, 2.45) is 5.41 Å². The third-order valence-electron chi connectivity index (χ3n) is 2.79. The fourth-order valence-electron chi connectivity index (χ4n) is 1.56. The van der Waals surface area contributed by atoms with Gasteiger partial charge in [-0.2, -0.15) is 13.2 Å². The number of benzene rings is 1. The summed E-state index contributed by atoms with van der Waals surface area (Å²) in [5, 5.41) is 0. The number of alkyl halides is 3. The SMILES string of the molecule is CC(C)(C)CCS(=O)(=O)c1ccc(C(F)(F)F)cc1N. The van der Waals surface area contributed by atoms with Gasteiger partial charge in [-0.3, -0.25) is 0 Å². The third kappa shape index (κ3) is 4.40. The molecule has 0 saturated carbocycles. The second kappa shape index (κ2) is 5.27. The summed E-state index contributed by atoms with van der Waals surface area (Å²) in [6, 6.07) is 2.32. The molecule has 0 aliphatic rings. The van der Waals surface area contributed by atoms with Gasteiger partial charge in [0.05, 0.1) is 21.9 Å². The van der Waals surface area contributed by atoms with Crippen LogP contribution in [0, 0.1) is 5.41 Å². The fraction of sp³-hybridized carbons (Fsp3) is 0.538. The van der Waals surface area contributed by atoms with Gasteiger partial charge in [0.25, 0.3) is 0 Å². The molecule has 2 N–H and O–H groups in total. The van der Waals surface area contributed by atoms with E-state index in [1.165, 1.54) is 0 Å². The van der Waals surface area contributed by atoms with Crippen molar-refractivity contribution in [2.75, 3.05) is 11.5 Å². The molecule has 0 radical (unpaired) electrons. The van der Waals surface area contributed by atoms with Crippen molar-refractivity contribution >= 4 is 15.5 Å². The second-order valence-corrected chi connectivity index (χ2v) is 7.96. The summed E-state index contributed by atoms with van der Waals surface area (Å²) in [7, 11) is -3.68. The maximum Gasteiger partial charge on any atom is 0.416 e. The van der Waals surface area contributed by atoms with Crippen molar-refractivity contribution in [3.8, 4) is 0 Å². The molecule has 0 spiro atoms. The number of halogens is 3. The fourth-order valence-corrected chi connectivity index (χ4v) is 3.35. The Kier molecular flexibility index (Phi) is 4.43. The molecular formula is C13H18F3NO2S. The number of anilines is 1. The van der Waals surface area contributed by atoms with E-state index in [-0.39, 0.29) is 21.8 Å². The van der Waals surface area contributed by atoms with E-state index in [0.29, 0.717) is 12.5 Å². The van der Waals surface area contributed by atoms with Crippen molar-refractivity contribution in [1.29, 1.82) is 0 Å². The summed E-state index contributed by atoms with van der Waals surface area (Å²) >= 11 is 0. The lowest BCUT2D eigenvalue weighted by Crippen LogP contribution is -2.16. The molecule has 0 bridgehead atoms. The Hall–Kier alpha value is -1.24. The first kappa shape index (κ1) is 16.8. The van der Waals surface area contributed by atoms with Gasteiger partial charge < -0.3 is 5.73 Å². The van der Waals surface area contributed by atoms with Crippen molar-refractivity contribution < 1.29 is 21.6 Å². The molecule has 0 aliphatic carbocycles. The topological polar surface area (TPSA) is 60.2 Å². The Morgan fingerprint density at radius 1 is 1.15 bits per heavy atom. The molecule has 114 valence electrons. The van der Waals surface area contributed by atoms with E-state index in [9.17, 15) is 21.6 Å². The molecule has 20 heavy (non-hydrogen) atoms. The average Bonchev–Trinajstić information content (AvgIpc) is 2.24. The highest BCUT2D eigenvalue weighted by Gasteiger charge is 2.32. The molecule has 1 aromatic carbocycles. The standard InChI is InChI=1S/C13H18F3NO2S/c1-12(2,3)6-7-20(18,19)11-5-4-9(8-10(11)17)13(14,15)16/h4-5,8H,6-7,17H2,1-3H3. The van der Waals surface area contributed by atoms with Crippen LogP contribution in [0.25, 0.3) is 0 Å². The van der Waals surface area contributed by atoms with Gasteiger partial charge in [0.1, 0.15) is 0 Å². The zero-order valence-electron chi connectivity index (χ0n) is 11.6. The summed E-state index contributed by atoms with van der Waals surface area (Å²) in [6.07, 6.45) is -4.14. The number of nitrogen functional groups attached to an aromatic ring is 1. The van der Waals surface area contributed by atoms with Crippen LogP contribution in [0.5, 0.6) is 0 Å². The Bertz CT molecular complexity index is 587. The van der Waals surface area contributed by atoms with E-state index in [0.717, 1.165) is 12.1 Å². The lowest BCUT2D eigenvalue weighted by molar-refractivity contribution is -0.137. The molecule has 0 atom stereocenters. The minimum Gasteiger partial charge on any atom is -0.398 e. The smallest absolute Gasteiger partial charge is 0.398 e. The van der Waals surface area contributed by atoms with Gasteiger partial charge in [-0.15, -0.1) is 0 Å². The van der Waals surface area contributed by atoms with Crippen LogP contribution >= 0.6 is 0 Å². The molecule has 0 amide bonds. The minimum absolute atomic E-state index is 0.147. The molecule has 0 heterocycles. The van der Waals surface area contributed by atoms with E-state index in [2.05, 4.69) is 0 Å². The quantitative estimate of drug-likeness (QED) is 0.869. The van der Waals surface area contributed by atoms with E-state index < -0.39 is 21.6 Å². The number of sulfone groups is 1. The summed E-state index contributed by atoms with van der Waals surface area (Å²) < 4.78 is 61.7. The number of rotatable bonds is 3. The van der Waals surface area contributed by atoms with Crippen LogP contribution in [-0.4, -0.2) is 14.2 Å². The van der Waals surface area contributed by atoms with Crippen molar-refractivity contribution in [3.63, 3.8) is 0 Å².